The standard InChI is InChI=1S/C13H19BrN2O3S/c1-15(2)11-6-7-16(9-11)20(17,18)13-8-10(14)4-5-12(13)19-3/h4-5,8,11H,6-7,9H2,1-3H3. The Hall–Kier alpha value is -0.630. The SMILES string of the molecule is COc1ccc(Br)cc1S(=O)(=O)N1CCC(N(C)C)C1. The van der Waals surface area contributed by atoms with Crippen molar-refractivity contribution < 1.29 is 13.2 Å². The third-order valence-corrected chi connectivity index (χ3v) is 5.98. The normalized spacial score (nSPS) is 20.6. The fraction of sp³-hybridized carbons (Fsp3) is 0.538. The van der Waals surface area contributed by atoms with E-state index in [0.29, 0.717) is 18.8 Å². The van der Waals surface area contributed by atoms with Gasteiger partial charge in [-0.05, 0) is 38.7 Å². The fourth-order valence-corrected chi connectivity index (χ4v) is 4.53. The zero-order valence-electron chi connectivity index (χ0n) is 11.8. The Morgan fingerprint density at radius 1 is 1.40 bits per heavy atom. The third kappa shape index (κ3) is 3.00. The molecular weight excluding hydrogens is 344 g/mol. The average Bonchev–Trinajstić information content (AvgIpc) is 2.89. The lowest BCUT2D eigenvalue weighted by atomic mass is 10.2. The number of benzene rings is 1. The zero-order valence-corrected chi connectivity index (χ0v) is 14.2. The highest BCUT2D eigenvalue weighted by atomic mass is 79.9. The topological polar surface area (TPSA) is 49.9 Å². The van der Waals surface area contributed by atoms with Crippen LogP contribution in [0.5, 0.6) is 5.75 Å². The van der Waals surface area contributed by atoms with Gasteiger partial charge in [-0.1, -0.05) is 15.9 Å². The lowest BCUT2D eigenvalue weighted by Crippen LogP contribution is -2.34. The van der Waals surface area contributed by atoms with E-state index in [1.807, 2.05) is 14.1 Å². The summed E-state index contributed by atoms with van der Waals surface area (Å²) in [5, 5.41) is 0. The average molecular weight is 363 g/mol. The molecule has 1 aliphatic rings. The number of methoxy groups -OCH3 is 1. The van der Waals surface area contributed by atoms with Crippen LogP contribution < -0.4 is 4.74 Å². The molecule has 0 spiro atoms. The minimum absolute atomic E-state index is 0.216. The van der Waals surface area contributed by atoms with E-state index in [0.717, 1.165) is 10.9 Å². The predicted molar refractivity (Wildman–Crippen MR) is 81.5 cm³/mol. The number of rotatable bonds is 4. The van der Waals surface area contributed by atoms with Crippen LogP contribution in [0.1, 0.15) is 6.42 Å². The van der Waals surface area contributed by atoms with Crippen LogP contribution in [-0.2, 0) is 10.0 Å². The van der Waals surface area contributed by atoms with Crippen LogP contribution in [0.3, 0.4) is 0 Å². The molecule has 0 aromatic heterocycles. The molecule has 112 valence electrons. The van der Waals surface area contributed by atoms with Gasteiger partial charge in [-0.2, -0.15) is 4.31 Å². The molecule has 1 aromatic rings. The molecule has 1 atom stereocenters. The Morgan fingerprint density at radius 3 is 2.65 bits per heavy atom. The van der Waals surface area contributed by atoms with Crippen LogP contribution in [-0.4, -0.2) is 58.0 Å². The lowest BCUT2D eigenvalue weighted by Gasteiger charge is -2.21. The Labute approximate surface area is 128 Å². The van der Waals surface area contributed by atoms with E-state index in [9.17, 15) is 8.42 Å². The van der Waals surface area contributed by atoms with Crippen molar-refractivity contribution in [3.63, 3.8) is 0 Å². The minimum Gasteiger partial charge on any atom is -0.495 e. The summed E-state index contributed by atoms with van der Waals surface area (Å²) in [6, 6.07) is 5.29. The summed E-state index contributed by atoms with van der Waals surface area (Å²) >= 11 is 3.31. The predicted octanol–water partition coefficient (Wildman–Crippen LogP) is 1.78. The summed E-state index contributed by atoms with van der Waals surface area (Å²) in [5.74, 6) is 0.376. The van der Waals surface area contributed by atoms with Gasteiger partial charge in [0.15, 0.2) is 0 Å². The Balaban J connectivity index is 2.34. The van der Waals surface area contributed by atoms with Gasteiger partial charge in [0.2, 0.25) is 10.0 Å². The highest BCUT2D eigenvalue weighted by Crippen LogP contribution is 2.31. The van der Waals surface area contributed by atoms with E-state index in [4.69, 9.17) is 4.74 Å². The van der Waals surface area contributed by atoms with Crippen LogP contribution in [0.15, 0.2) is 27.6 Å². The van der Waals surface area contributed by atoms with Gasteiger partial charge in [0.25, 0.3) is 0 Å². The smallest absolute Gasteiger partial charge is 0.246 e. The monoisotopic (exact) mass is 362 g/mol. The number of likely N-dealkylation sites (N-methyl/N-ethyl adjacent to an activating group) is 1. The molecule has 0 bridgehead atoms. The number of hydrogen-bond donors (Lipinski definition) is 0. The van der Waals surface area contributed by atoms with Gasteiger partial charge in [-0.25, -0.2) is 8.42 Å². The number of halogens is 1. The Kier molecular flexibility index (Phi) is 4.73. The van der Waals surface area contributed by atoms with Gasteiger partial charge < -0.3 is 9.64 Å². The molecule has 1 aliphatic heterocycles. The molecule has 2 rings (SSSR count). The first-order chi connectivity index (χ1) is 9.36. The second kappa shape index (κ2) is 6.01. The molecule has 7 heteroatoms. The fourth-order valence-electron chi connectivity index (χ4n) is 2.34. The first-order valence-corrected chi connectivity index (χ1v) is 8.59. The van der Waals surface area contributed by atoms with Crippen LogP contribution in [0.25, 0.3) is 0 Å². The summed E-state index contributed by atoms with van der Waals surface area (Å²) in [6.07, 6.45) is 0.850. The van der Waals surface area contributed by atoms with Crippen LogP contribution in [0.4, 0.5) is 0 Å². The van der Waals surface area contributed by atoms with Crippen molar-refractivity contribution in [1.82, 2.24) is 9.21 Å². The molecule has 0 amide bonds. The molecule has 0 saturated carbocycles. The second-order valence-electron chi connectivity index (χ2n) is 5.06. The number of ether oxygens (including phenoxy) is 1. The summed E-state index contributed by atoms with van der Waals surface area (Å²) < 4.78 is 32.9. The van der Waals surface area contributed by atoms with E-state index in [2.05, 4.69) is 20.8 Å². The van der Waals surface area contributed by atoms with Crippen molar-refractivity contribution >= 4 is 26.0 Å². The molecule has 5 nitrogen and oxygen atoms in total. The molecule has 1 fully saturated rings. The van der Waals surface area contributed by atoms with E-state index in [-0.39, 0.29) is 10.9 Å². The van der Waals surface area contributed by atoms with Gasteiger partial charge in [0, 0.05) is 23.6 Å². The first kappa shape index (κ1) is 15.8. The molecule has 0 N–H and O–H groups in total. The van der Waals surface area contributed by atoms with Crippen molar-refractivity contribution in [2.45, 2.75) is 17.4 Å². The molecule has 1 unspecified atom stereocenters. The maximum atomic E-state index is 12.7. The second-order valence-corrected chi connectivity index (χ2v) is 7.89. The van der Waals surface area contributed by atoms with Crippen molar-refractivity contribution in [1.29, 1.82) is 0 Å². The Bertz CT molecular complexity index is 589. The van der Waals surface area contributed by atoms with Crippen molar-refractivity contribution in [3.8, 4) is 5.75 Å². The molecule has 20 heavy (non-hydrogen) atoms. The number of sulfonamides is 1. The molecular formula is C13H19BrN2O3S. The van der Waals surface area contributed by atoms with Gasteiger partial charge in [0.05, 0.1) is 7.11 Å². The lowest BCUT2D eigenvalue weighted by molar-refractivity contribution is 0.302. The van der Waals surface area contributed by atoms with E-state index < -0.39 is 10.0 Å². The molecule has 1 heterocycles. The van der Waals surface area contributed by atoms with E-state index in [1.54, 1.807) is 18.2 Å². The molecule has 0 radical (unpaired) electrons. The van der Waals surface area contributed by atoms with E-state index in [1.165, 1.54) is 11.4 Å². The van der Waals surface area contributed by atoms with Crippen LogP contribution in [0.2, 0.25) is 0 Å². The third-order valence-electron chi connectivity index (χ3n) is 3.60. The highest BCUT2D eigenvalue weighted by molar-refractivity contribution is 9.10. The van der Waals surface area contributed by atoms with Gasteiger partial charge in [-0.3, -0.25) is 0 Å². The maximum absolute atomic E-state index is 12.7. The number of hydrogen-bond acceptors (Lipinski definition) is 4. The summed E-state index contributed by atoms with van der Waals surface area (Å²) in [6.45, 7) is 1.06. The van der Waals surface area contributed by atoms with Crippen LogP contribution in [0, 0.1) is 0 Å². The van der Waals surface area contributed by atoms with E-state index >= 15 is 0 Å². The largest absolute Gasteiger partial charge is 0.495 e. The Morgan fingerprint density at radius 2 is 2.10 bits per heavy atom. The summed E-state index contributed by atoms with van der Waals surface area (Å²) in [4.78, 5) is 2.28. The summed E-state index contributed by atoms with van der Waals surface area (Å²) in [7, 11) is 1.91. The summed E-state index contributed by atoms with van der Waals surface area (Å²) in [5.41, 5.74) is 0. The van der Waals surface area contributed by atoms with Gasteiger partial charge in [0.1, 0.15) is 10.6 Å². The molecule has 1 saturated heterocycles. The van der Waals surface area contributed by atoms with Crippen molar-refractivity contribution in [3.05, 3.63) is 22.7 Å². The van der Waals surface area contributed by atoms with Gasteiger partial charge >= 0.3 is 0 Å². The number of nitrogens with zero attached hydrogens (tertiary/aromatic N) is 2. The quantitative estimate of drug-likeness (QED) is 0.819. The molecule has 1 aromatic carbocycles. The highest BCUT2D eigenvalue weighted by Gasteiger charge is 2.35. The molecule has 0 aliphatic carbocycles. The minimum atomic E-state index is -3.52. The first-order valence-electron chi connectivity index (χ1n) is 6.36. The van der Waals surface area contributed by atoms with Crippen LogP contribution >= 0.6 is 15.9 Å². The zero-order chi connectivity index (χ0) is 14.9. The van der Waals surface area contributed by atoms with Crippen molar-refractivity contribution in [2.75, 3.05) is 34.3 Å². The van der Waals surface area contributed by atoms with Gasteiger partial charge in [-0.15, -0.1) is 0 Å². The maximum Gasteiger partial charge on any atom is 0.246 e. The van der Waals surface area contributed by atoms with Crippen molar-refractivity contribution in [2.24, 2.45) is 0 Å².